The summed E-state index contributed by atoms with van der Waals surface area (Å²) >= 11 is 0. The summed E-state index contributed by atoms with van der Waals surface area (Å²) in [7, 11) is 0. The molecule has 0 aliphatic rings. The van der Waals surface area contributed by atoms with Gasteiger partial charge in [-0.3, -0.25) is 0 Å². The number of hydrogen-bond acceptors (Lipinski definition) is 1. The maximum atomic E-state index is 6.74. The third-order valence-electron chi connectivity index (χ3n) is 1.71. The van der Waals surface area contributed by atoms with Crippen LogP contribution in [0.4, 0.5) is 0 Å². The lowest BCUT2D eigenvalue weighted by molar-refractivity contribution is 0.637. The molecule has 0 unspecified atom stereocenters. The zero-order valence-corrected chi connectivity index (χ0v) is 7.47. The molecule has 1 heteroatoms. The molecule has 0 aromatic carbocycles. The lowest BCUT2D eigenvalue weighted by Gasteiger charge is -1.95. The average Bonchev–Trinajstić information content (AvgIpc) is 2.03. The van der Waals surface area contributed by atoms with Gasteiger partial charge in [0.1, 0.15) is 0 Å². The van der Waals surface area contributed by atoms with Crippen molar-refractivity contribution in [2.75, 3.05) is 0 Å². The number of rotatable bonds is 7. The van der Waals surface area contributed by atoms with Gasteiger partial charge in [-0.05, 0) is 18.9 Å². The Morgan fingerprint density at radius 1 is 1.09 bits per heavy atom. The SMILES string of the molecule is CCCCCCCC=CC=N. The fourth-order valence-electron chi connectivity index (χ4n) is 1.03. The van der Waals surface area contributed by atoms with Gasteiger partial charge in [0, 0.05) is 6.21 Å². The maximum absolute atomic E-state index is 6.74. The smallest absolute Gasteiger partial charge is 0.0174 e. The zero-order chi connectivity index (χ0) is 8.36. The second kappa shape index (κ2) is 9.41. The van der Waals surface area contributed by atoms with Gasteiger partial charge >= 0.3 is 0 Å². The largest absolute Gasteiger partial charge is 0.309 e. The average molecular weight is 153 g/mol. The zero-order valence-electron chi connectivity index (χ0n) is 7.47. The van der Waals surface area contributed by atoms with Crippen molar-refractivity contribution in [3.63, 3.8) is 0 Å². The third kappa shape index (κ3) is 9.41. The highest BCUT2D eigenvalue weighted by atomic mass is 14.3. The fraction of sp³-hybridized carbons (Fsp3) is 0.700. The van der Waals surface area contributed by atoms with Crippen molar-refractivity contribution in [3.8, 4) is 0 Å². The van der Waals surface area contributed by atoms with Crippen molar-refractivity contribution in [2.45, 2.75) is 45.4 Å². The van der Waals surface area contributed by atoms with Gasteiger partial charge in [-0.1, -0.05) is 38.7 Å². The first-order valence-corrected chi connectivity index (χ1v) is 4.57. The van der Waals surface area contributed by atoms with E-state index in [1.54, 1.807) is 6.08 Å². The second-order valence-electron chi connectivity index (χ2n) is 2.80. The molecule has 1 N–H and O–H groups in total. The molecule has 0 atom stereocenters. The Bertz CT molecular complexity index is 105. The Balaban J connectivity index is 2.90. The summed E-state index contributed by atoms with van der Waals surface area (Å²) in [4.78, 5) is 0. The lowest BCUT2D eigenvalue weighted by Crippen LogP contribution is -1.75. The van der Waals surface area contributed by atoms with Crippen LogP contribution < -0.4 is 0 Å². The highest BCUT2D eigenvalue weighted by Crippen LogP contribution is 2.04. The van der Waals surface area contributed by atoms with E-state index in [9.17, 15) is 0 Å². The van der Waals surface area contributed by atoms with Gasteiger partial charge in [-0.2, -0.15) is 0 Å². The van der Waals surface area contributed by atoms with Crippen molar-refractivity contribution < 1.29 is 0 Å². The molecule has 64 valence electrons. The van der Waals surface area contributed by atoms with E-state index in [1.165, 1.54) is 38.3 Å². The molecule has 0 aliphatic carbocycles. The molecule has 0 rings (SSSR count). The van der Waals surface area contributed by atoms with Gasteiger partial charge in [0.25, 0.3) is 0 Å². The molecule has 0 radical (unpaired) electrons. The van der Waals surface area contributed by atoms with Crippen molar-refractivity contribution in [1.82, 2.24) is 0 Å². The molecule has 0 bridgehead atoms. The van der Waals surface area contributed by atoms with Gasteiger partial charge in [-0.15, -0.1) is 0 Å². The van der Waals surface area contributed by atoms with Gasteiger partial charge in [0.05, 0.1) is 0 Å². The summed E-state index contributed by atoms with van der Waals surface area (Å²) in [5.41, 5.74) is 0. The number of unbranched alkanes of at least 4 members (excludes halogenated alkanes) is 5. The topological polar surface area (TPSA) is 23.9 Å². The molecule has 0 heterocycles. The van der Waals surface area contributed by atoms with Crippen molar-refractivity contribution in [3.05, 3.63) is 12.2 Å². The number of nitrogens with one attached hydrogen (secondary N) is 1. The minimum Gasteiger partial charge on any atom is -0.309 e. The predicted molar refractivity (Wildman–Crippen MR) is 51.3 cm³/mol. The summed E-state index contributed by atoms with van der Waals surface area (Å²) in [6.45, 7) is 2.23. The van der Waals surface area contributed by atoms with Crippen LogP contribution in [0.15, 0.2) is 12.2 Å². The van der Waals surface area contributed by atoms with E-state index in [0.717, 1.165) is 6.42 Å². The molecule has 0 aromatic heterocycles. The molecule has 0 saturated carbocycles. The molecule has 0 saturated heterocycles. The Labute approximate surface area is 70.0 Å². The van der Waals surface area contributed by atoms with Crippen LogP contribution in [0.1, 0.15) is 45.4 Å². The van der Waals surface area contributed by atoms with Crippen molar-refractivity contribution in [2.24, 2.45) is 0 Å². The quantitative estimate of drug-likeness (QED) is 0.427. The fourth-order valence-corrected chi connectivity index (χ4v) is 1.03. The normalized spacial score (nSPS) is 10.6. The standard InChI is InChI=1S/C10H19N/c1-2-3-4-5-6-7-8-9-10-11/h8-11H,2-7H2,1H3. The van der Waals surface area contributed by atoms with Crippen LogP contribution in [0.25, 0.3) is 0 Å². The van der Waals surface area contributed by atoms with E-state index in [4.69, 9.17) is 5.41 Å². The molecule has 0 spiro atoms. The van der Waals surface area contributed by atoms with Crippen molar-refractivity contribution in [1.29, 1.82) is 5.41 Å². The van der Waals surface area contributed by atoms with Crippen LogP contribution in [-0.4, -0.2) is 6.21 Å². The summed E-state index contributed by atoms with van der Waals surface area (Å²) in [6, 6.07) is 0. The molecule has 0 aromatic rings. The summed E-state index contributed by atoms with van der Waals surface area (Å²) in [5, 5.41) is 6.74. The van der Waals surface area contributed by atoms with E-state index in [-0.39, 0.29) is 0 Å². The van der Waals surface area contributed by atoms with E-state index >= 15 is 0 Å². The highest BCUT2D eigenvalue weighted by molar-refractivity contribution is 5.67. The monoisotopic (exact) mass is 153 g/mol. The maximum Gasteiger partial charge on any atom is 0.0174 e. The van der Waals surface area contributed by atoms with Crippen LogP contribution in [0.2, 0.25) is 0 Å². The van der Waals surface area contributed by atoms with Crippen LogP contribution in [0.5, 0.6) is 0 Å². The van der Waals surface area contributed by atoms with Crippen LogP contribution >= 0.6 is 0 Å². The van der Waals surface area contributed by atoms with Gasteiger partial charge in [0.15, 0.2) is 0 Å². The first-order chi connectivity index (χ1) is 5.41. The molecular formula is C10H19N. The number of hydrogen-bond donors (Lipinski definition) is 1. The minimum absolute atomic E-state index is 1.14. The molecule has 0 aliphatic heterocycles. The first kappa shape index (κ1) is 10.4. The highest BCUT2D eigenvalue weighted by Gasteiger charge is 1.85. The van der Waals surface area contributed by atoms with Gasteiger partial charge < -0.3 is 5.41 Å². The van der Waals surface area contributed by atoms with Crippen LogP contribution in [-0.2, 0) is 0 Å². The molecular weight excluding hydrogens is 134 g/mol. The van der Waals surface area contributed by atoms with E-state index in [2.05, 4.69) is 13.0 Å². The summed E-state index contributed by atoms with van der Waals surface area (Å²) in [6.07, 6.45) is 13.0. The molecule has 11 heavy (non-hydrogen) atoms. The Morgan fingerprint density at radius 3 is 2.45 bits per heavy atom. The summed E-state index contributed by atoms with van der Waals surface area (Å²) < 4.78 is 0. The predicted octanol–water partition coefficient (Wildman–Crippen LogP) is 3.55. The summed E-state index contributed by atoms with van der Waals surface area (Å²) in [5.74, 6) is 0. The Kier molecular flexibility index (Phi) is 8.91. The van der Waals surface area contributed by atoms with Crippen LogP contribution in [0, 0.1) is 5.41 Å². The van der Waals surface area contributed by atoms with Gasteiger partial charge in [0.2, 0.25) is 0 Å². The van der Waals surface area contributed by atoms with E-state index in [0.29, 0.717) is 0 Å². The minimum atomic E-state index is 1.14. The lowest BCUT2D eigenvalue weighted by atomic mass is 10.1. The third-order valence-corrected chi connectivity index (χ3v) is 1.71. The Hall–Kier alpha value is -0.590. The van der Waals surface area contributed by atoms with E-state index in [1.807, 2.05) is 0 Å². The Morgan fingerprint density at radius 2 is 1.82 bits per heavy atom. The molecule has 0 amide bonds. The van der Waals surface area contributed by atoms with E-state index < -0.39 is 0 Å². The van der Waals surface area contributed by atoms with Gasteiger partial charge in [-0.25, -0.2) is 0 Å². The molecule has 1 nitrogen and oxygen atoms in total. The van der Waals surface area contributed by atoms with Crippen molar-refractivity contribution >= 4 is 6.21 Å². The molecule has 0 fully saturated rings. The first-order valence-electron chi connectivity index (χ1n) is 4.57. The second-order valence-corrected chi connectivity index (χ2v) is 2.80. The number of allylic oxidation sites excluding steroid dienone is 2. The van der Waals surface area contributed by atoms with Crippen LogP contribution in [0.3, 0.4) is 0 Å².